The lowest BCUT2D eigenvalue weighted by Crippen LogP contribution is -2.24. The summed E-state index contributed by atoms with van der Waals surface area (Å²) < 4.78 is 0. The fraction of sp³-hybridized carbons (Fsp3) is 0.500. The van der Waals surface area contributed by atoms with Crippen molar-refractivity contribution in [2.24, 2.45) is 5.92 Å². The van der Waals surface area contributed by atoms with Gasteiger partial charge in [-0.2, -0.15) is 0 Å². The van der Waals surface area contributed by atoms with Crippen molar-refractivity contribution >= 4 is 11.6 Å². The fourth-order valence-corrected chi connectivity index (χ4v) is 1.45. The van der Waals surface area contributed by atoms with Crippen LogP contribution in [0.5, 0.6) is 0 Å². The molecule has 17 heavy (non-hydrogen) atoms. The molecule has 0 atom stereocenters. The van der Waals surface area contributed by atoms with Crippen molar-refractivity contribution in [3.8, 4) is 0 Å². The summed E-state index contributed by atoms with van der Waals surface area (Å²) in [4.78, 5) is 11.6. The Morgan fingerprint density at radius 3 is 2.47 bits per heavy atom. The molecule has 0 bridgehead atoms. The van der Waals surface area contributed by atoms with E-state index in [1.54, 1.807) is 0 Å². The van der Waals surface area contributed by atoms with E-state index in [4.69, 9.17) is 0 Å². The minimum absolute atomic E-state index is 0.0603. The number of amides is 1. The number of carbonyl (C=O) groups is 1. The molecule has 0 radical (unpaired) electrons. The number of rotatable bonds is 6. The highest BCUT2D eigenvalue weighted by Crippen LogP contribution is 2.08. The Bertz CT molecular complexity index is 344. The molecule has 0 aliphatic carbocycles. The van der Waals surface area contributed by atoms with Crippen molar-refractivity contribution < 1.29 is 4.79 Å². The molecule has 0 aromatic heterocycles. The molecule has 94 valence electrons. The van der Waals surface area contributed by atoms with E-state index in [2.05, 4.69) is 24.5 Å². The predicted octanol–water partition coefficient (Wildman–Crippen LogP) is 2.57. The lowest BCUT2D eigenvalue weighted by Gasteiger charge is -2.08. The largest absolute Gasteiger partial charge is 0.326 e. The summed E-state index contributed by atoms with van der Waals surface area (Å²) in [5.41, 5.74) is 2.06. The molecule has 0 saturated heterocycles. The first-order valence-corrected chi connectivity index (χ1v) is 6.15. The Morgan fingerprint density at radius 2 is 1.88 bits per heavy atom. The summed E-state index contributed by atoms with van der Waals surface area (Å²) in [6.45, 7) is 8.02. The number of aryl methyl sites for hydroxylation is 1. The maximum atomic E-state index is 11.6. The zero-order valence-electron chi connectivity index (χ0n) is 10.9. The number of carbonyl (C=O) groups excluding carboxylic acids is 1. The van der Waals surface area contributed by atoms with Gasteiger partial charge in [0.2, 0.25) is 5.91 Å². The van der Waals surface area contributed by atoms with E-state index in [9.17, 15) is 4.79 Å². The van der Waals surface area contributed by atoms with Gasteiger partial charge in [0.05, 0.1) is 0 Å². The van der Waals surface area contributed by atoms with Crippen LogP contribution in [0.3, 0.4) is 0 Å². The molecule has 2 N–H and O–H groups in total. The van der Waals surface area contributed by atoms with Gasteiger partial charge in [0.15, 0.2) is 0 Å². The average Bonchev–Trinajstić information content (AvgIpc) is 2.27. The molecule has 1 amide bonds. The molecule has 0 heterocycles. The molecule has 0 aliphatic heterocycles. The molecule has 0 unspecified atom stereocenters. The normalized spacial score (nSPS) is 10.6. The Morgan fingerprint density at radius 1 is 1.24 bits per heavy atom. The minimum atomic E-state index is 0.0603. The van der Waals surface area contributed by atoms with Crippen LogP contribution >= 0.6 is 0 Å². The number of anilines is 1. The summed E-state index contributed by atoms with van der Waals surface area (Å²) in [6.07, 6.45) is 0.514. The Balaban J connectivity index is 2.23. The predicted molar refractivity (Wildman–Crippen MR) is 72.1 cm³/mol. The third kappa shape index (κ3) is 6.07. The SMILES string of the molecule is Cc1ccc(NC(=O)CCNCC(C)C)cc1. The second-order valence-electron chi connectivity index (χ2n) is 4.76. The lowest BCUT2D eigenvalue weighted by molar-refractivity contribution is -0.116. The van der Waals surface area contributed by atoms with Crippen molar-refractivity contribution in [1.29, 1.82) is 0 Å². The van der Waals surface area contributed by atoms with E-state index in [0.717, 1.165) is 18.8 Å². The highest BCUT2D eigenvalue weighted by Gasteiger charge is 2.01. The quantitative estimate of drug-likeness (QED) is 0.743. The molecule has 3 heteroatoms. The van der Waals surface area contributed by atoms with E-state index in [1.165, 1.54) is 5.56 Å². The van der Waals surface area contributed by atoms with Crippen molar-refractivity contribution in [3.05, 3.63) is 29.8 Å². The maximum absolute atomic E-state index is 11.6. The number of nitrogens with one attached hydrogen (secondary N) is 2. The van der Waals surface area contributed by atoms with Crippen molar-refractivity contribution in [2.75, 3.05) is 18.4 Å². The van der Waals surface area contributed by atoms with E-state index in [-0.39, 0.29) is 5.91 Å². The van der Waals surface area contributed by atoms with E-state index in [0.29, 0.717) is 12.3 Å². The van der Waals surface area contributed by atoms with Gasteiger partial charge in [-0.3, -0.25) is 4.79 Å². The van der Waals surface area contributed by atoms with Gasteiger partial charge in [-0.1, -0.05) is 31.5 Å². The topological polar surface area (TPSA) is 41.1 Å². The van der Waals surface area contributed by atoms with Gasteiger partial charge in [-0.15, -0.1) is 0 Å². The molecular weight excluding hydrogens is 212 g/mol. The molecule has 0 fully saturated rings. The van der Waals surface area contributed by atoms with Gasteiger partial charge in [0, 0.05) is 18.7 Å². The van der Waals surface area contributed by atoms with Crippen LogP contribution in [0, 0.1) is 12.8 Å². The van der Waals surface area contributed by atoms with Crippen LogP contribution in [0.25, 0.3) is 0 Å². The smallest absolute Gasteiger partial charge is 0.225 e. The van der Waals surface area contributed by atoms with Crippen LogP contribution in [0.2, 0.25) is 0 Å². The first-order valence-electron chi connectivity index (χ1n) is 6.15. The average molecular weight is 234 g/mol. The number of hydrogen-bond acceptors (Lipinski definition) is 2. The van der Waals surface area contributed by atoms with Crippen LogP contribution in [-0.2, 0) is 4.79 Å². The molecule has 0 spiro atoms. The second-order valence-corrected chi connectivity index (χ2v) is 4.76. The summed E-state index contributed by atoms with van der Waals surface area (Å²) in [5, 5.41) is 6.13. The minimum Gasteiger partial charge on any atom is -0.326 e. The molecule has 1 rings (SSSR count). The molecule has 1 aromatic carbocycles. The molecule has 1 aromatic rings. The first-order chi connectivity index (χ1) is 8.08. The van der Waals surface area contributed by atoms with Crippen molar-refractivity contribution in [3.63, 3.8) is 0 Å². The lowest BCUT2D eigenvalue weighted by atomic mass is 10.2. The monoisotopic (exact) mass is 234 g/mol. The third-order valence-corrected chi connectivity index (χ3v) is 2.42. The summed E-state index contributed by atoms with van der Waals surface area (Å²) in [5.74, 6) is 0.681. The summed E-state index contributed by atoms with van der Waals surface area (Å²) in [6, 6.07) is 7.84. The highest BCUT2D eigenvalue weighted by atomic mass is 16.1. The summed E-state index contributed by atoms with van der Waals surface area (Å²) in [7, 11) is 0. The molecular formula is C14H22N2O. The van der Waals surface area contributed by atoms with Crippen LogP contribution < -0.4 is 10.6 Å². The Labute approximate surface area is 104 Å². The van der Waals surface area contributed by atoms with Crippen LogP contribution in [0.1, 0.15) is 25.8 Å². The van der Waals surface area contributed by atoms with E-state index in [1.807, 2.05) is 31.2 Å². The zero-order valence-corrected chi connectivity index (χ0v) is 10.9. The first kappa shape index (κ1) is 13.7. The van der Waals surface area contributed by atoms with Crippen LogP contribution in [-0.4, -0.2) is 19.0 Å². The van der Waals surface area contributed by atoms with Gasteiger partial charge in [-0.05, 0) is 31.5 Å². The third-order valence-electron chi connectivity index (χ3n) is 2.42. The van der Waals surface area contributed by atoms with Crippen LogP contribution in [0.4, 0.5) is 5.69 Å². The van der Waals surface area contributed by atoms with E-state index < -0.39 is 0 Å². The Hall–Kier alpha value is -1.35. The van der Waals surface area contributed by atoms with Crippen molar-refractivity contribution in [2.45, 2.75) is 27.2 Å². The van der Waals surface area contributed by atoms with Crippen molar-refractivity contribution in [1.82, 2.24) is 5.32 Å². The highest BCUT2D eigenvalue weighted by molar-refractivity contribution is 5.90. The Kier molecular flexibility index (Phi) is 5.70. The van der Waals surface area contributed by atoms with E-state index >= 15 is 0 Å². The molecule has 0 aliphatic rings. The van der Waals surface area contributed by atoms with Gasteiger partial charge < -0.3 is 10.6 Å². The van der Waals surface area contributed by atoms with Gasteiger partial charge >= 0.3 is 0 Å². The second kappa shape index (κ2) is 7.07. The zero-order chi connectivity index (χ0) is 12.7. The van der Waals surface area contributed by atoms with Gasteiger partial charge in [0.1, 0.15) is 0 Å². The standard InChI is InChI=1S/C14H22N2O/c1-11(2)10-15-9-8-14(17)16-13-6-4-12(3)5-7-13/h4-7,11,15H,8-10H2,1-3H3,(H,16,17). The number of benzene rings is 1. The summed E-state index contributed by atoms with van der Waals surface area (Å²) >= 11 is 0. The van der Waals surface area contributed by atoms with Crippen LogP contribution in [0.15, 0.2) is 24.3 Å². The van der Waals surface area contributed by atoms with Gasteiger partial charge in [0.25, 0.3) is 0 Å². The fourth-order valence-electron chi connectivity index (χ4n) is 1.45. The maximum Gasteiger partial charge on any atom is 0.225 e. The molecule has 0 saturated carbocycles. The molecule has 3 nitrogen and oxygen atoms in total. The van der Waals surface area contributed by atoms with Gasteiger partial charge in [-0.25, -0.2) is 0 Å². The number of hydrogen-bond donors (Lipinski definition) is 2.